The van der Waals surface area contributed by atoms with Gasteiger partial charge >= 0.3 is 0 Å². The van der Waals surface area contributed by atoms with Gasteiger partial charge in [-0.15, -0.1) is 0 Å². The number of methoxy groups -OCH3 is 1. The molecule has 0 unspecified atom stereocenters. The van der Waals surface area contributed by atoms with Gasteiger partial charge in [0.15, 0.2) is 0 Å². The molecule has 1 rings (SSSR count). The minimum atomic E-state index is 0.548. The average Bonchev–Trinajstić information content (AvgIpc) is 2.15. The second kappa shape index (κ2) is 4.51. The van der Waals surface area contributed by atoms with Gasteiger partial charge in [-0.05, 0) is 11.6 Å². The molecular formula is C9H12N2O. The summed E-state index contributed by atoms with van der Waals surface area (Å²) in [5, 5.41) is 0. The van der Waals surface area contributed by atoms with Crippen LogP contribution in [-0.4, -0.2) is 18.6 Å². The molecule has 3 heteroatoms. The van der Waals surface area contributed by atoms with Gasteiger partial charge in [-0.3, -0.25) is 0 Å². The zero-order chi connectivity index (χ0) is 8.81. The normalized spacial score (nSPS) is 10.5. The number of nitrogens with two attached hydrogens (primary N) is 1. The first-order valence-electron chi connectivity index (χ1n) is 3.73. The minimum Gasteiger partial charge on any atom is -0.481 e. The molecule has 0 fully saturated rings. The quantitative estimate of drug-likeness (QED) is 0.726. The lowest BCUT2D eigenvalue weighted by Crippen LogP contribution is -1.92. The second-order valence-electron chi connectivity index (χ2n) is 2.27. The molecule has 2 N–H and O–H groups in total. The molecule has 0 saturated heterocycles. The van der Waals surface area contributed by atoms with Crippen LogP contribution in [0, 0.1) is 0 Å². The van der Waals surface area contributed by atoms with Crippen molar-refractivity contribution in [3.05, 3.63) is 30.0 Å². The van der Waals surface area contributed by atoms with E-state index in [1.807, 2.05) is 24.3 Å². The molecule has 1 aromatic heterocycles. The highest BCUT2D eigenvalue weighted by atomic mass is 16.5. The molecule has 64 valence electrons. The molecule has 1 heterocycles. The van der Waals surface area contributed by atoms with E-state index in [1.54, 1.807) is 13.3 Å². The van der Waals surface area contributed by atoms with Gasteiger partial charge < -0.3 is 10.5 Å². The maximum absolute atomic E-state index is 5.30. The summed E-state index contributed by atoms with van der Waals surface area (Å²) in [5.41, 5.74) is 6.33. The summed E-state index contributed by atoms with van der Waals surface area (Å²) in [7, 11) is 1.59. The molecule has 0 aromatic carbocycles. The first-order chi connectivity index (χ1) is 5.86. The van der Waals surface area contributed by atoms with Crippen LogP contribution in [0.15, 0.2) is 24.4 Å². The molecule has 0 spiro atoms. The number of nitrogens with zero attached hydrogens (tertiary/aromatic N) is 1. The van der Waals surface area contributed by atoms with Gasteiger partial charge in [-0.2, -0.15) is 0 Å². The summed E-state index contributed by atoms with van der Waals surface area (Å²) in [6.45, 7) is 0.548. The average molecular weight is 164 g/mol. The van der Waals surface area contributed by atoms with Crippen molar-refractivity contribution >= 4 is 6.08 Å². The van der Waals surface area contributed by atoms with Crippen molar-refractivity contribution in [3.63, 3.8) is 0 Å². The van der Waals surface area contributed by atoms with E-state index < -0.39 is 0 Å². The lowest BCUT2D eigenvalue weighted by Gasteiger charge is -1.97. The van der Waals surface area contributed by atoms with E-state index in [-0.39, 0.29) is 0 Å². The summed E-state index contributed by atoms with van der Waals surface area (Å²) < 4.78 is 4.91. The molecule has 0 radical (unpaired) electrons. The van der Waals surface area contributed by atoms with E-state index in [0.29, 0.717) is 12.4 Å². The summed E-state index contributed by atoms with van der Waals surface area (Å²) in [6, 6.07) is 3.74. The van der Waals surface area contributed by atoms with Crippen molar-refractivity contribution in [2.24, 2.45) is 5.73 Å². The van der Waals surface area contributed by atoms with Gasteiger partial charge in [-0.25, -0.2) is 4.98 Å². The Bertz CT molecular complexity index is 254. The fraction of sp³-hybridized carbons (Fsp3) is 0.222. The first-order valence-corrected chi connectivity index (χ1v) is 3.73. The van der Waals surface area contributed by atoms with Crippen LogP contribution in [0.4, 0.5) is 0 Å². The van der Waals surface area contributed by atoms with Gasteiger partial charge in [0.2, 0.25) is 5.88 Å². The lowest BCUT2D eigenvalue weighted by molar-refractivity contribution is 0.398. The van der Waals surface area contributed by atoms with Gasteiger partial charge in [0.1, 0.15) is 0 Å². The van der Waals surface area contributed by atoms with Crippen LogP contribution in [0.25, 0.3) is 6.08 Å². The Morgan fingerprint density at radius 1 is 1.58 bits per heavy atom. The third kappa shape index (κ3) is 2.36. The Kier molecular flexibility index (Phi) is 3.29. The lowest BCUT2D eigenvalue weighted by atomic mass is 10.2. The first kappa shape index (κ1) is 8.74. The van der Waals surface area contributed by atoms with E-state index in [9.17, 15) is 0 Å². The molecule has 0 amide bonds. The van der Waals surface area contributed by atoms with Gasteiger partial charge in [0.25, 0.3) is 0 Å². The topological polar surface area (TPSA) is 48.1 Å². The Hall–Kier alpha value is -1.35. The monoisotopic (exact) mass is 164 g/mol. The minimum absolute atomic E-state index is 0.548. The third-order valence-electron chi connectivity index (χ3n) is 1.41. The summed E-state index contributed by atoms with van der Waals surface area (Å²) in [5.74, 6) is 0.625. The van der Waals surface area contributed by atoms with E-state index in [4.69, 9.17) is 10.5 Å². The molecule has 0 bridgehead atoms. The third-order valence-corrected chi connectivity index (χ3v) is 1.41. The predicted molar refractivity (Wildman–Crippen MR) is 48.9 cm³/mol. The molecule has 1 aromatic rings. The SMILES string of the molecule is COc1ccc(C=CCN)cn1. The summed E-state index contributed by atoms with van der Waals surface area (Å²) >= 11 is 0. The maximum atomic E-state index is 5.30. The fourth-order valence-electron chi connectivity index (χ4n) is 0.815. The standard InChI is InChI=1S/C9H12N2O/c1-12-9-5-4-8(7-11-9)3-2-6-10/h2-5,7H,6,10H2,1H3. The van der Waals surface area contributed by atoms with Crippen LogP contribution in [0.1, 0.15) is 5.56 Å². The Labute approximate surface area is 71.9 Å². The van der Waals surface area contributed by atoms with E-state index in [1.165, 1.54) is 0 Å². The number of aromatic nitrogens is 1. The van der Waals surface area contributed by atoms with E-state index >= 15 is 0 Å². The summed E-state index contributed by atoms with van der Waals surface area (Å²) in [6.07, 6.45) is 5.54. The van der Waals surface area contributed by atoms with Crippen LogP contribution < -0.4 is 10.5 Å². The number of hydrogen-bond donors (Lipinski definition) is 1. The highest BCUT2D eigenvalue weighted by Crippen LogP contribution is 2.07. The van der Waals surface area contributed by atoms with Crippen molar-refractivity contribution < 1.29 is 4.74 Å². The van der Waals surface area contributed by atoms with Gasteiger partial charge in [0.05, 0.1) is 7.11 Å². The summed E-state index contributed by atoms with van der Waals surface area (Å²) in [4.78, 5) is 4.04. The van der Waals surface area contributed by atoms with Crippen LogP contribution in [0.5, 0.6) is 5.88 Å². The predicted octanol–water partition coefficient (Wildman–Crippen LogP) is 1.06. The molecule has 0 aliphatic rings. The Morgan fingerprint density at radius 2 is 2.42 bits per heavy atom. The van der Waals surface area contributed by atoms with Gasteiger partial charge in [-0.1, -0.05) is 12.2 Å². The largest absolute Gasteiger partial charge is 0.481 e. The highest BCUT2D eigenvalue weighted by Gasteiger charge is 1.89. The van der Waals surface area contributed by atoms with Crippen LogP contribution in [0.2, 0.25) is 0 Å². The number of hydrogen-bond acceptors (Lipinski definition) is 3. The fourth-order valence-corrected chi connectivity index (χ4v) is 0.815. The number of rotatable bonds is 3. The van der Waals surface area contributed by atoms with Crippen molar-refractivity contribution in [1.29, 1.82) is 0 Å². The van der Waals surface area contributed by atoms with Crippen molar-refractivity contribution in [1.82, 2.24) is 4.98 Å². The zero-order valence-electron chi connectivity index (χ0n) is 7.03. The molecule has 12 heavy (non-hydrogen) atoms. The molecule has 0 saturated carbocycles. The molecule has 0 aliphatic carbocycles. The van der Waals surface area contributed by atoms with Crippen molar-refractivity contribution in [2.75, 3.05) is 13.7 Å². The Morgan fingerprint density at radius 3 is 2.92 bits per heavy atom. The number of ether oxygens (including phenoxy) is 1. The van der Waals surface area contributed by atoms with Crippen LogP contribution in [0.3, 0.4) is 0 Å². The molecule has 3 nitrogen and oxygen atoms in total. The Balaban J connectivity index is 2.71. The van der Waals surface area contributed by atoms with Crippen molar-refractivity contribution in [2.45, 2.75) is 0 Å². The zero-order valence-corrected chi connectivity index (χ0v) is 7.03. The second-order valence-corrected chi connectivity index (χ2v) is 2.27. The van der Waals surface area contributed by atoms with Crippen LogP contribution in [-0.2, 0) is 0 Å². The van der Waals surface area contributed by atoms with Crippen LogP contribution >= 0.6 is 0 Å². The van der Waals surface area contributed by atoms with E-state index in [0.717, 1.165) is 5.56 Å². The molecule has 0 atom stereocenters. The van der Waals surface area contributed by atoms with E-state index in [2.05, 4.69) is 4.98 Å². The van der Waals surface area contributed by atoms with Crippen molar-refractivity contribution in [3.8, 4) is 5.88 Å². The highest BCUT2D eigenvalue weighted by molar-refractivity contribution is 5.48. The smallest absolute Gasteiger partial charge is 0.212 e. The maximum Gasteiger partial charge on any atom is 0.212 e. The molecular weight excluding hydrogens is 152 g/mol. The number of pyridine rings is 1. The molecule has 0 aliphatic heterocycles. The van der Waals surface area contributed by atoms with Gasteiger partial charge in [0, 0.05) is 18.8 Å².